The molecule has 6 nitrogen and oxygen atoms in total. The van der Waals surface area contributed by atoms with Crippen LogP contribution in [-0.2, 0) is 0 Å². The highest BCUT2D eigenvalue weighted by molar-refractivity contribution is 14.1. The molecule has 0 saturated carbocycles. The first-order valence-corrected chi connectivity index (χ1v) is 12.0. The first-order valence-electron chi connectivity index (χ1n) is 9.82. The number of amides is 2. The normalized spacial score (nSPS) is 15.2. The number of carbonyl (C=O) groups excluding carboxylic acids is 2. The summed E-state index contributed by atoms with van der Waals surface area (Å²) in [7, 11) is 0. The maximum Gasteiger partial charge on any atom is 0.276 e. The van der Waals surface area contributed by atoms with Gasteiger partial charge in [-0.25, -0.2) is 5.01 Å². The van der Waals surface area contributed by atoms with Crippen molar-refractivity contribution in [2.24, 2.45) is 0 Å². The van der Waals surface area contributed by atoms with Crippen LogP contribution in [0.5, 0.6) is 0 Å². The van der Waals surface area contributed by atoms with Gasteiger partial charge in [0.1, 0.15) is 0 Å². The maximum atomic E-state index is 13.6. The fourth-order valence-corrected chi connectivity index (χ4v) is 4.90. The number of fused-ring (bicyclic) bond motifs is 2. The van der Waals surface area contributed by atoms with Crippen LogP contribution < -0.4 is 10.7 Å². The van der Waals surface area contributed by atoms with Gasteiger partial charge in [0.15, 0.2) is 6.17 Å². The molecule has 1 aromatic heterocycles. The number of hydrogen-bond acceptors (Lipinski definition) is 4. The lowest BCUT2D eigenvalue weighted by molar-refractivity contribution is 0.0492. The molecule has 0 spiro atoms. The molecule has 0 radical (unpaired) electrons. The molecule has 32 heavy (non-hydrogen) atoms. The van der Waals surface area contributed by atoms with Crippen LogP contribution in [0.1, 0.15) is 32.4 Å². The maximum absolute atomic E-state index is 13.6. The van der Waals surface area contributed by atoms with Gasteiger partial charge in [-0.15, -0.1) is 0 Å². The Labute approximate surface area is 211 Å². The van der Waals surface area contributed by atoms with E-state index >= 15 is 0 Å². The summed E-state index contributed by atoms with van der Waals surface area (Å²) in [6, 6.07) is 22.6. The van der Waals surface area contributed by atoms with Gasteiger partial charge in [-0.1, -0.05) is 36.4 Å². The number of hydrogen-bond donors (Lipinski definition) is 2. The average Bonchev–Trinajstić information content (AvgIpc) is 2.81. The van der Waals surface area contributed by atoms with E-state index in [0.29, 0.717) is 16.8 Å². The van der Waals surface area contributed by atoms with E-state index in [1.54, 1.807) is 18.3 Å². The topological polar surface area (TPSA) is 74.3 Å². The Hall–Kier alpha value is -2.73. The highest BCUT2D eigenvalue weighted by Gasteiger charge is 2.36. The van der Waals surface area contributed by atoms with Crippen LogP contribution in [0.2, 0.25) is 0 Å². The molecule has 5 rings (SSSR count). The predicted octanol–water partition coefficient (Wildman–Crippen LogP) is 5.36. The van der Waals surface area contributed by atoms with E-state index in [0.717, 1.165) is 23.6 Å². The summed E-state index contributed by atoms with van der Waals surface area (Å²) < 4.78 is 1.74. The van der Waals surface area contributed by atoms with Crippen LogP contribution >= 0.6 is 45.2 Å². The summed E-state index contributed by atoms with van der Waals surface area (Å²) in [5, 5.41) is 5.75. The minimum atomic E-state index is -0.626. The molecule has 0 bridgehead atoms. The Morgan fingerprint density at radius 1 is 1.00 bits per heavy atom. The first kappa shape index (κ1) is 21.1. The lowest BCUT2D eigenvalue weighted by Gasteiger charge is -2.38. The summed E-state index contributed by atoms with van der Waals surface area (Å²) in [5.74, 6) is -0.632. The molecule has 4 aromatic rings. The number of halogens is 2. The van der Waals surface area contributed by atoms with Gasteiger partial charge in [0.25, 0.3) is 11.8 Å². The van der Waals surface area contributed by atoms with Crippen molar-refractivity contribution >= 4 is 73.6 Å². The van der Waals surface area contributed by atoms with Crippen molar-refractivity contribution in [2.45, 2.75) is 6.17 Å². The van der Waals surface area contributed by atoms with Crippen LogP contribution in [0.4, 0.5) is 5.69 Å². The molecule has 2 amide bonds. The monoisotopic (exact) mass is 646 g/mol. The number of hydrazine groups is 1. The molecule has 0 unspecified atom stereocenters. The fourth-order valence-electron chi connectivity index (χ4n) is 3.77. The van der Waals surface area contributed by atoms with Crippen molar-refractivity contribution in [3.05, 3.63) is 103 Å². The zero-order chi connectivity index (χ0) is 22.2. The van der Waals surface area contributed by atoms with Crippen molar-refractivity contribution in [1.82, 2.24) is 15.4 Å². The van der Waals surface area contributed by atoms with E-state index in [1.807, 2.05) is 60.7 Å². The van der Waals surface area contributed by atoms with Gasteiger partial charge in [-0.05, 0) is 81.6 Å². The van der Waals surface area contributed by atoms with Crippen molar-refractivity contribution in [1.29, 1.82) is 0 Å². The zero-order valence-corrected chi connectivity index (χ0v) is 20.9. The summed E-state index contributed by atoms with van der Waals surface area (Å²) in [6.07, 6.45) is 1.10. The number of nitrogens with one attached hydrogen (secondary N) is 2. The van der Waals surface area contributed by atoms with Crippen molar-refractivity contribution in [3.8, 4) is 0 Å². The number of para-hydroxylation sites is 1. The van der Waals surface area contributed by atoms with E-state index in [-0.39, 0.29) is 11.8 Å². The second kappa shape index (κ2) is 8.66. The van der Waals surface area contributed by atoms with Crippen molar-refractivity contribution < 1.29 is 9.59 Å². The van der Waals surface area contributed by atoms with Gasteiger partial charge >= 0.3 is 0 Å². The van der Waals surface area contributed by atoms with Crippen LogP contribution in [-0.4, -0.2) is 21.8 Å². The third-order valence-corrected chi connectivity index (χ3v) is 6.89. The molecule has 0 fully saturated rings. The Bertz CT molecular complexity index is 1370. The second-order valence-electron chi connectivity index (χ2n) is 7.26. The average molecular weight is 646 g/mol. The van der Waals surface area contributed by atoms with Crippen LogP contribution in [0.15, 0.2) is 79.0 Å². The summed E-state index contributed by atoms with van der Waals surface area (Å²) in [4.78, 5) is 31.3. The third-order valence-electron chi connectivity index (χ3n) is 5.28. The Balaban J connectivity index is 1.62. The largest absolute Gasteiger partial charge is 0.359 e. The number of anilines is 1. The van der Waals surface area contributed by atoms with Gasteiger partial charge in [-0.2, -0.15) is 0 Å². The predicted molar refractivity (Wildman–Crippen MR) is 140 cm³/mol. The van der Waals surface area contributed by atoms with E-state index in [9.17, 15) is 9.59 Å². The van der Waals surface area contributed by atoms with Gasteiger partial charge < -0.3 is 5.32 Å². The molecule has 1 atom stereocenters. The second-order valence-corrected chi connectivity index (χ2v) is 9.66. The van der Waals surface area contributed by atoms with E-state index < -0.39 is 6.17 Å². The van der Waals surface area contributed by atoms with Crippen LogP contribution in [0.3, 0.4) is 0 Å². The van der Waals surface area contributed by atoms with Crippen molar-refractivity contribution in [2.75, 3.05) is 5.32 Å². The smallest absolute Gasteiger partial charge is 0.276 e. The minimum absolute atomic E-state index is 0.283. The van der Waals surface area contributed by atoms with Crippen LogP contribution in [0, 0.1) is 7.14 Å². The fraction of sp³-hybridized carbons (Fsp3) is 0.0417. The van der Waals surface area contributed by atoms with Crippen molar-refractivity contribution in [3.63, 3.8) is 0 Å². The Kier molecular flexibility index (Phi) is 5.72. The Morgan fingerprint density at radius 2 is 1.81 bits per heavy atom. The third kappa shape index (κ3) is 3.81. The molecule has 158 valence electrons. The van der Waals surface area contributed by atoms with E-state index in [4.69, 9.17) is 0 Å². The number of pyridine rings is 1. The molecular weight excluding hydrogens is 630 g/mol. The minimum Gasteiger partial charge on any atom is -0.359 e. The first-order chi connectivity index (χ1) is 15.5. The summed E-state index contributed by atoms with van der Waals surface area (Å²) in [6.45, 7) is 0. The quantitative estimate of drug-likeness (QED) is 0.295. The standard InChI is InChI=1S/C24H16I2N4O2/c25-15-10-11-20-18(13-15)24(32)30(29-23(31)16-7-1-2-9-19(16)26)22(28-20)17-8-3-5-14-6-4-12-27-21(14)17/h1-13,22,28H,(H,29,31)/t22-/m0/s1. The molecule has 1 aliphatic rings. The Morgan fingerprint density at radius 3 is 2.66 bits per heavy atom. The molecule has 8 heteroatoms. The molecule has 2 heterocycles. The molecule has 0 aliphatic carbocycles. The number of rotatable bonds is 3. The lowest BCUT2D eigenvalue weighted by atomic mass is 10.0. The van der Waals surface area contributed by atoms with Gasteiger partial charge in [-0.3, -0.25) is 20.0 Å². The molecular formula is C24H16I2N4O2. The molecule has 2 N–H and O–H groups in total. The number of nitrogens with zero attached hydrogens (tertiary/aromatic N) is 2. The summed E-state index contributed by atoms with van der Waals surface area (Å²) in [5.41, 5.74) is 6.13. The number of benzene rings is 3. The highest BCUT2D eigenvalue weighted by atomic mass is 127. The number of aromatic nitrogens is 1. The molecule has 0 saturated heterocycles. The van der Waals surface area contributed by atoms with Gasteiger partial charge in [0.2, 0.25) is 0 Å². The zero-order valence-electron chi connectivity index (χ0n) is 16.5. The molecule has 1 aliphatic heterocycles. The highest BCUT2D eigenvalue weighted by Crippen LogP contribution is 2.35. The summed E-state index contributed by atoms with van der Waals surface area (Å²) >= 11 is 4.29. The SMILES string of the molecule is O=C(NN1C(=O)c2cc(I)ccc2N[C@@H]1c1cccc2cccnc12)c1ccccc1I. The molecule has 3 aromatic carbocycles. The van der Waals surface area contributed by atoms with Gasteiger partial charge in [0.05, 0.1) is 16.6 Å². The lowest BCUT2D eigenvalue weighted by Crippen LogP contribution is -2.53. The van der Waals surface area contributed by atoms with Gasteiger partial charge in [0, 0.05) is 30.0 Å². The van der Waals surface area contributed by atoms with E-state index in [1.165, 1.54) is 5.01 Å². The number of carbonyl (C=O) groups is 2. The van der Waals surface area contributed by atoms with E-state index in [2.05, 4.69) is 60.9 Å². The van der Waals surface area contributed by atoms with Crippen LogP contribution in [0.25, 0.3) is 10.9 Å².